The second-order valence-electron chi connectivity index (χ2n) is 4.26. The summed E-state index contributed by atoms with van der Waals surface area (Å²) in [4.78, 5) is 10.4. The number of hydrogen-bond donors (Lipinski definition) is 1. The molecule has 1 aromatic carbocycles. The fourth-order valence-corrected chi connectivity index (χ4v) is 1.67. The minimum atomic E-state index is -0.406. The van der Waals surface area contributed by atoms with Crippen LogP contribution in [0.25, 0.3) is 0 Å². The molecule has 2 rings (SSSR count). The van der Waals surface area contributed by atoms with Gasteiger partial charge in [0, 0.05) is 18.7 Å². The van der Waals surface area contributed by atoms with E-state index in [2.05, 4.69) is 5.32 Å². The average Bonchev–Trinajstić information content (AvgIpc) is 3.09. The standard InChI is InChI=1S/C12H16N2O3/c1-9-3-2-4-11(14(15)16)12(9)17-8-7-13-10-5-6-10/h2-4,10,13H,5-8H2,1H3. The quantitative estimate of drug-likeness (QED) is 0.466. The van der Waals surface area contributed by atoms with Gasteiger partial charge < -0.3 is 10.1 Å². The van der Waals surface area contributed by atoms with E-state index in [0.29, 0.717) is 18.4 Å². The van der Waals surface area contributed by atoms with E-state index in [9.17, 15) is 10.1 Å². The van der Waals surface area contributed by atoms with Gasteiger partial charge in [-0.15, -0.1) is 0 Å². The Labute approximate surface area is 99.9 Å². The fourth-order valence-electron chi connectivity index (χ4n) is 1.67. The van der Waals surface area contributed by atoms with Gasteiger partial charge in [0.15, 0.2) is 5.75 Å². The van der Waals surface area contributed by atoms with E-state index in [1.807, 2.05) is 13.0 Å². The highest BCUT2D eigenvalue weighted by molar-refractivity contribution is 5.51. The predicted molar refractivity (Wildman–Crippen MR) is 64.4 cm³/mol. The predicted octanol–water partition coefficient (Wildman–Crippen LogP) is 2.03. The summed E-state index contributed by atoms with van der Waals surface area (Å²) < 4.78 is 5.50. The van der Waals surface area contributed by atoms with E-state index in [0.717, 1.165) is 12.1 Å². The minimum Gasteiger partial charge on any atom is -0.485 e. The molecule has 0 heterocycles. The molecular formula is C12H16N2O3. The second-order valence-corrected chi connectivity index (χ2v) is 4.26. The molecule has 0 aliphatic heterocycles. The Morgan fingerprint density at radius 2 is 2.29 bits per heavy atom. The van der Waals surface area contributed by atoms with Gasteiger partial charge in [-0.1, -0.05) is 12.1 Å². The van der Waals surface area contributed by atoms with Gasteiger partial charge in [-0.2, -0.15) is 0 Å². The van der Waals surface area contributed by atoms with Gasteiger partial charge in [0.05, 0.1) is 4.92 Å². The Morgan fingerprint density at radius 3 is 2.94 bits per heavy atom. The van der Waals surface area contributed by atoms with Crippen molar-refractivity contribution in [2.24, 2.45) is 0 Å². The van der Waals surface area contributed by atoms with Gasteiger partial charge >= 0.3 is 5.69 Å². The zero-order valence-electron chi connectivity index (χ0n) is 9.81. The smallest absolute Gasteiger partial charge is 0.311 e. The summed E-state index contributed by atoms with van der Waals surface area (Å²) in [6.45, 7) is 3.01. The number of hydrogen-bond acceptors (Lipinski definition) is 4. The monoisotopic (exact) mass is 236 g/mol. The number of nitrogens with one attached hydrogen (secondary N) is 1. The zero-order valence-corrected chi connectivity index (χ0v) is 9.81. The maximum Gasteiger partial charge on any atom is 0.311 e. The molecular weight excluding hydrogens is 220 g/mol. The topological polar surface area (TPSA) is 64.4 Å². The number of ether oxygens (including phenoxy) is 1. The maximum absolute atomic E-state index is 10.8. The lowest BCUT2D eigenvalue weighted by atomic mass is 10.2. The molecule has 0 radical (unpaired) electrons. The van der Waals surface area contributed by atoms with Crippen molar-refractivity contribution in [3.63, 3.8) is 0 Å². The second kappa shape index (κ2) is 5.14. The number of nitrogens with zero attached hydrogens (tertiary/aromatic N) is 1. The highest BCUT2D eigenvalue weighted by Gasteiger charge is 2.20. The molecule has 1 fully saturated rings. The molecule has 0 atom stereocenters. The largest absolute Gasteiger partial charge is 0.485 e. The molecule has 5 heteroatoms. The third-order valence-electron chi connectivity index (χ3n) is 2.75. The third-order valence-corrected chi connectivity index (χ3v) is 2.75. The van der Waals surface area contributed by atoms with Crippen molar-refractivity contribution >= 4 is 5.69 Å². The lowest BCUT2D eigenvalue weighted by molar-refractivity contribution is -0.385. The van der Waals surface area contributed by atoms with Crippen LogP contribution in [0.3, 0.4) is 0 Å². The van der Waals surface area contributed by atoms with Crippen molar-refractivity contribution in [3.05, 3.63) is 33.9 Å². The van der Waals surface area contributed by atoms with Gasteiger partial charge in [0.2, 0.25) is 0 Å². The Hall–Kier alpha value is -1.62. The van der Waals surface area contributed by atoms with E-state index in [1.165, 1.54) is 18.9 Å². The van der Waals surface area contributed by atoms with E-state index < -0.39 is 4.92 Å². The summed E-state index contributed by atoms with van der Waals surface area (Å²) in [6, 6.07) is 5.58. The Balaban J connectivity index is 1.94. The van der Waals surface area contributed by atoms with Crippen molar-refractivity contribution in [1.82, 2.24) is 5.32 Å². The Bertz CT molecular complexity index is 416. The van der Waals surface area contributed by atoms with Crippen LogP contribution in [0.4, 0.5) is 5.69 Å². The molecule has 1 N–H and O–H groups in total. The first kappa shape index (κ1) is 11.9. The van der Waals surface area contributed by atoms with Crippen LogP contribution in [0.15, 0.2) is 18.2 Å². The summed E-state index contributed by atoms with van der Waals surface area (Å²) in [6.07, 6.45) is 2.45. The molecule has 0 amide bonds. The molecule has 1 saturated carbocycles. The van der Waals surface area contributed by atoms with Gasteiger partial charge in [-0.05, 0) is 25.3 Å². The summed E-state index contributed by atoms with van der Waals surface area (Å²) >= 11 is 0. The Kier molecular flexibility index (Phi) is 3.58. The molecule has 0 aromatic heterocycles. The van der Waals surface area contributed by atoms with Gasteiger partial charge in [0.25, 0.3) is 0 Å². The van der Waals surface area contributed by atoms with Crippen LogP contribution in [-0.2, 0) is 0 Å². The molecule has 0 bridgehead atoms. The van der Waals surface area contributed by atoms with E-state index >= 15 is 0 Å². The molecule has 92 valence electrons. The van der Waals surface area contributed by atoms with E-state index in [4.69, 9.17) is 4.74 Å². The van der Waals surface area contributed by atoms with Crippen LogP contribution >= 0.6 is 0 Å². The summed E-state index contributed by atoms with van der Waals surface area (Å²) in [5.74, 6) is 0.384. The minimum absolute atomic E-state index is 0.0384. The van der Waals surface area contributed by atoms with Crippen LogP contribution in [-0.4, -0.2) is 24.1 Å². The Morgan fingerprint density at radius 1 is 1.53 bits per heavy atom. The summed E-state index contributed by atoms with van der Waals surface area (Å²) in [7, 11) is 0. The fraction of sp³-hybridized carbons (Fsp3) is 0.500. The molecule has 0 unspecified atom stereocenters. The molecule has 1 aliphatic rings. The first-order valence-electron chi connectivity index (χ1n) is 5.78. The van der Waals surface area contributed by atoms with Gasteiger partial charge in [0.1, 0.15) is 6.61 Å². The number of para-hydroxylation sites is 1. The summed E-state index contributed by atoms with van der Waals surface area (Å²) in [5, 5.41) is 14.1. The number of aryl methyl sites for hydroxylation is 1. The molecule has 17 heavy (non-hydrogen) atoms. The maximum atomic E-state index is 10.8. The van der Waals surface area contributed by atoms with Crippen molar-refractivity contribution in [2.75, 3.05) is 13.2 Å². The van der Waals surface area contributed by atoms with E-state index in [1.54, 1.807) is 6.07 Å². The van der Waals surface area contributed by atoms with Gasteiger partial charge in [-0.3, -0.25) is 10.1 Å². The van der Waals surface area contributed by atoms with E-state index in [-0.39, 0.29) is 5.69 Å². The number of nitro benzene ring substituents is 1. The molecule has 1 aromatic rings. The normalized spacial score (nSPS) is 14.6. The highest BCUT2D eigenvalue weighted by atomic mass is 16.6. The van der Waals surface area contributed by atoms with Crippen LogP contribution in [0.1, 0.15) is 18.4 Å². The average molecular weight is 236 g/mol. The summed E-state index contributed by atoms with van der Waals surface area (Å²) in [5.41, 5.74) is 0.835. The van der Waals surface area contributed by atoms with Crippen LogP contribution in [0, 0.1) is 17.0 Å². The SMILES string of the molecule is Cc1cccc([N+](=O)[O-])c1OCCNC1CC1. The van der Waals surface area contributed by atoms with Crippen molar-refractivity contribution in [2.45, 2.75) is 25.8 Å². The van der Waals surface area contributed by atoms with Crippen molar-refractivity contribution in [3.8, 4) is 5.75 Å². The number of rotatable bonds is 6. The molecule has 0 saturated heterocycles. The lowest BCUT2D eigenvalue weighted by Gasteiger charge is -2.09. The number of benzene rings is 1. The first-order chi connectivity index (χ1) is 8.18. The van der Waals surface area contributed by atoms with Crippen molar-refractivity contribution in [1.29, 1.82) is 0 Å². The zero-order chi connectivity index (χ0) is 12.3. The lowest BCUT2D eigenvalue weighted by Crippen LogP contribution is -2.23. The van der Waals surface area contributed by atoms with Crippen molar-refractivity contribution < 1.29 is 9.66 Å². The highest BCUT2D eigenvalue weighted by Crippen LogP contribution is 2.30. The third kappa shape index (κ3) is 3.17. The first-order valence-corrected chi connectivity index (χ1v) is 5.78. The van der Waals surface area contributed by atoms with Crippen LogP contribution in [0.2, 0.25) is 0 Å². The molecule has 5 nitrogen and oxygen atoms in total. The number of nitro groups is 1. The molecule has 0 spiro atoms. The molecule has 1 aliphatic carbocycles. The van der Waals surface area contributed by atoms with Crippen LogP contribution in [0.5, 0.6) is 5.75 Å². The van der Waals surface area contributed by atoms with Crippen LogP contribution < -0.4 is 10.1 Å². The van der Waals surface area contributed by atoms with Gasteiger partial charge in [-0.25, -0.2) is 0 Å².